The summed E-state index contributed by atoms with van der Waals surface area (Å²) in [6.07, 6.45) is 2.19. The van der Waals surface area contributed by atoms with E-state index in [1.807, 2.05) is 18.2 Å². The Morgan fingerprint density at radius 3 is 2.59 bits per heavy atom. The number of hydrogen-bond donors (Lipinski definition) is 1. The molecule has 1 radical (unpaired) electrons. The standard InChI is InChI=1S/C15H15BrN/c16-15-8-4-7-13(11-15)9-10-17-12-14-5-2-1-3-6-14/h1-9,11,17H,10,12H2. The van der Waals surface area contributed by atoms with E-state index in [0.29, 0.717) is 0 Å². The maximum atomic E-state index is 3.47. The first-order valence-electron chi connectivity index (χ1n) is 5.68. The normalized spacial score (nSPS) is 10.4. The Kier molecular flexibility index (Phi) is 4.77. The van der Waals surface area contributed by atoms with Crippen molar-refractivity contribution in [3.8, 4) is 0 Å². The SMILES string of the molecule is Brc1cccc([CH]CNCc2ccccc2)c1. The van der Waals surface area contributed by atoms with Crippen molar-refractivity contribution in [3.63, 3.8) is 0 Å². The average Bonchev–Trinajstić information content (AvgIpc) is 2.36. The maximum absolute atomic E-state index is 3.47. The molecule has 0 aliphatic carbocycles. The van der Waals surface area contributed by atoms with Crippen molar-refractivity contribution in [1.82, 2.24) is 5.32 Å². The minimum absolute atomic E-state index is 0.880. The Morgan fingerprint density at radius 1 is 1.00 bits per heavy atom. The monoisotopic (exact) mass is 288 g/mol. The van der Waals surface area contributed by atoms with E-state index < -0.39 is 0 Å². The summed E-state index contributed by atoms with van der Waals surface area (Å²) in [5, 5.41) is 3.40. The number of halogens is 1. The van der Waals surface area contributed by atoms with Crippen molar-refractivity contribution >= 4 is 15.9 Å². The van der Waals surface area contributed by atoms with Crippen LogP contribution in [0.3, 0.4) is 0 Å². The molecule has 0 spiro atoms. The molecule has 1 nitrogen and oxygen atoms in total. The molecule has 2 rings (SSSR count). The third-order valence-electron chi connectivity index (χ3n) is 2.50. The second kappa shape index (κ2) is 6.58. The minimum atomic E-state index is 0.880. The van der Waals surface area contributed by atoms with E-state index in [1.54, 1.807) is 0 Å². The van der Waals surface area contributed by atoms with Crippen molar-refractivity contribution in [2.45, 2.75) is 6.54 Å². The van der Waals surface area contributed by atoms with Gasteiger partial charge in [0, 0.05) is 24.0 Å². The van der Waals surface area contributed by atoms with Crippen LogP contribution in [0.25, 0.3) is 0 Å². The van der Waals surface area contributed by atoms with Gasteiger partial charge in [0.05, 0.1) is 0 Å². The van der Waals surface area contributed by atoms with E-state index >= 15 is 0 Å². The molecule has 2 aromatic carbocycles. The topological polar surface area (TPSA) is 12.0 Å². The lowest BCUT2D eigenvalue weighted by Crippen LogP contribution is -2.15. The van der Waals surface area contributed by atoms with Crippen LogP contribution in [0.2, 0.25) is 0 Å². The number of benzene rings is 2. The van der Waals surface area contributed by atoms with Crippen molar-refractivity contribution in [3.05, 3.63) is 76.6 Å². The molecule has 87 valence electrons. The molecule has 0 heterocycles. The molecule has 0 atom stereocenters. The van der Waals surface area contributed by atoms with Crippen LogP contribution in [0.15, 0.2) is 59.1 Å². The Bertz CT molecular complexity index is 453. The van der Waals surface area contributed by atoms with Crippen LogP contribution >= 0.6 is 15.9 Å². The van der Waals surface area contributed by atoms with Crippen LogP contribution in [-0.2, 0) is 6.54 Å². The zero-order valence-corrected chi connectivity index (χ0v) is 11.2. The third-order valence-corrected chi connectivity index (χ3v) is 3.00. The molecular weight excluding hydrogens is 274 g/mol. The molecular formula is C15H15BrN. The predicted molar refractivity (Wildman–Crippen MR) is 75.7 cm³/mol. The van der Waals surface area contributed by atoms with E-state index in [2.05, 4.69) is 64.1 Å². The van der Waals surface area contributed by atoms with Gasteiger partial charge in [-0.05, 0) is 23.3 Å². The molecule has 0 saturated carbocycles. The molecule has 0 amide bonds. The fraction of sp³-hybridized carbons (Fsp3) is 0.133. The van der Waals surface area contributed by atoms with Crippen molar-refractivity contribution < 1.29 is 0 Å². The van der Waals surface area contributed by atoms with Crippen molar-refractivity contribution in [1.29, 1.82) is 0 Å². The number of nitrogens with one attached hydrogen (secondary N) is 1. The highest BCUT2D eigenvalue weighted by Crippen LogP contribution is 2.12. The number of hydrogen-bond acceptors (Lipinski definition) is 1. The summed E-state index contributed by atoms with van der Waals surface area (Å²) in [5.41, 5.74) is 2.55. The minimum Gasteiger partial charge on any atom is -0.312 e. The van der Waals surface area contributed by atoms with Gasteiger partial charge >= 0.3 is 0 Å². The predicted octanol–water partition coefficient (Wildman–Crippen LogP) is 3.79. The second-order valence-electron chi connectivity index (χ2n) is 3.88. The highest BCUT2D eigenvalue weighted by atomic mass is 79.9. The van der Waals surface area contributed by atoms with Gasteiger partial charge in [-0.3, -0.25) is 0 Å². The summed E-state index contributed by atoms with van der Waals surface area (Å²) in [5.74, 6) is 0. The van der Waals surface area contributed by atoms with Gasteiger partial charge in [0.2, 0.25) is 0 Å². The van der Waals surface area contributed by atoms with Crippen LogP contribution in [0.1, 0.15) is 11.1 Å². The summed E-state index contributed by atoms with van der Waals surface area (Å²) < 4.78 is 1.12. The van der Waals surface area contributed by atoms with Crippen molar-refractivity contribution in [2.75, 3.05) is 6.54 Å². The summed E-state index contributed by atoms with van der Waals surface area (Å²) in [7, 11) is 0. The highest BCUT2D eigenvalue weighted by Gasteiger charge is 1.95. The van der Waals surface area contributed by atoms with Crippen LogP contribution < -0.4 is 5.32 Å². The van der Waals surface area contributed by atoms with E-state index in [4.69, 9.17) is 0 Å². The van der Waals surface area contributed by atoms with Crippen LogP contribution in [0.4, 0.5) is 0 Å². The highest BCUT2D eigenvalue weighted by molar-refractivity contribution is 9.10. The molecule has 2 aromatic rings. The van der Waals surface area contributed by atoms with Gasteiger partial charge in [-0.15, -0.1) is 0 Å². The molecule has 0 aliphatic rings. The Labute approximate surface area is 111 Å². The molecule has 0 aromatic heterocycles. The summed E-state index contributed by atoms with van der Waals surface area (Å²) in [4.78, 5) is 0. The van der Waals surface area contributed by atoms with Gasteiger partial charge in [-0.2, -0.15) is 0 Å². The smallest absolute Gasteiger partial charge is 0.0205 e. The van der Waals surface area contributed by atoms with E-state index in [0.717, 1.165) is 17.6 Å². The summed E-state index contributed by atoms with van der Waals surface area (Å²) in [6, 6.07) is 18.7. The lowest BCUT2D eigenvalue weighted by molar-refractivity contribution is 0.742. The first-order valence-corrected chi connectivity index (χ1v) is 6.47. The first-order chi connectivity index (χ1) is 8.34. The van der Waals surface area contributed by atoms with Crippen LogP contribution in [-0.4, -0.2) is 6.54 Å². The Hall–Kier alpha value is -1.12. The molecule has 0 bridgehead atoms. The van der Waals surface area contributed by atoms with Crippen LogP contribution in [0, 0.1) is 6.42 Å². The molecule has 0 unspecified atom stereocenters. The number of rotatable bonds is 5. The zero-order valence-electron chi connectivity index (χ0n) is 9.57. The largest absolute Gasteiger partial charge is 0.312 e. The molecule has 1 N–H and O–H groups in total. The fourth-order valence-electron chi connectivity index (χ4n) is 1.64. The second-order valence-corrected chi connectivity index (χ2v) is 4.79. The summed E-state index contributed by atoms with van der Waals surface area (Å²) >= 11 is 3.47. The van der Waals surface area contributed by atoms with Gasteiger partial charge < -0.3 is 5.32 Å². The molecule has 0 aliphatic heterocycles. The van der Waals surface area contributed by atoms with Gasteiger partial charge in [0.15, 0.2) is 0 Å². The quantitative estimate of drug-likeness (QED) is 0.826. The molecule has 2 heteroatoms. The Morgan fingerprint density at radius 2 is 1.82 bits per heavy atom. The van der Waals surface area contributed by atoms with Crippen LogP contribution in [0.5, 0.6) is 0 Å². The van der Waals surface area contributed by atoms with E-state index in [1.165, 1.54) is 11.1 Å². The lowest BCUT2D eigenvalue weighted by Gasteiger charge is -2.05. The first kappa shape index (κ1) is 12.3. The molecule has 0 saturated heterocycles. The van der Waals surface area contributed by atoms with Gasteiger partial charge in [-0.25, -0.2) is 0 Å². The van der Waals surface area contributed by atoms with E-state index in [-0.39, 0.29) is 0 Å². The van der Waals surface area contributed by atoms with Gasteiger partial charge in [-0.1, -0.05) is 58.4 Å². The maximum Gasteiger partial charge on any atom is 0.0205 e. The lowest BCUT2D eigenvalue weighted by atomic mass is 10.1. The van der Waals surface area contributed by atoms with E-state index in [9.17, 15) is 0 Å². The molecule has 17 heavy (non-hydrogen) atoms. The van der Waals surface area contributed by atoms with Crippen molar-refractivity contribution in [2.24, 2.45) is 0 Å². The van der Waals surface area contributed by atoms with Gasteiger partial charge in [0.1, 0.15) is 0 Å². The average molecular weight is 289 g/mol. The zero-order chi connectivity index (χ0) is 11.9. The fourth-order valence-corrected chi connectivity index (χ4v) is 2.05. The Balaban J connectivity index is 1.73. The molecule has 0 fully saturated rings. The third kappa shape index (κ3) is 4.33. The van der Waals surface area contributed by atoms with Gasteiger partial charge in [0.25, 0.3) is 0 Å². The summed E-state index contributed by atoms with van der Waals surface area (Å²) in [6.45, 7) is 1.79.